The van der Waals surface area contributed by atoms with Crippen LogP contribution in [0.5, 0.6) is 0 Å². The Bertz CT molecular complexity index is 821. The summed E-state index contributed by atoms with van der Waals surface area (Å²) >= 11 is 0. The lowest BCUT2D eigenvalue weighted by Crippen LogP contribution is -2.43. The van der Waals surface area contributed by atoms with Crippen molar-refractivity contribution < 1.29 is 8.42 Å². The van der Waals surface area contributed by atoms with Crippen LogP contribution in [0.15, 0.2) is 53.4 Å². The molecule has 3 rings (SSSR count). The van der Waals surface area contributed by atoms with Gasteiger partial charge in [0.25, 0.3) is 0 Å². The highest BCUT2D eigenvalue weighted by atomic mass is 32.2. The van der Waals surface area contributed by atoms with Crippen LogP contribution < -0.4 is 10.2 Å². The fraction of sp³-hybridized carbons (Fsp3) is 0.429. The number of anilines is 1. The van der Waals surface area contributed by atoms with Crippen molar-refractivity contribution in [1.82, 2.24) is 5.32 Å². The summed E-state index contributed by atoms with van der Waals surface area (Å²) in [5.74, 6) is 0. The number of rotatable bonds is 5. The smallest absolute Gasteiger partial charge is 0.175 e. The minimum absolute atomic E-state index is 0.208. The van der Waals surface area contributed by atoms with Gasteiger partial charge in [-0.1, -0.05) is 29.8 Å². The van der Waals surface area contributed by atoms with Crippen LogP contribution in [0.3, 0.4) is 0 Å². The molecular weight excluding hydrogens is 344 g/mol. The standard InChI is InChI=1S/C21H28N2O2S/c1-16-4-8-20(9-5-16)23-14-12-19(13-15-23)22-17(2)18-6-10-21(11-7-18)26(3,24)25/h4-11,17,19,22H,12-15H2,1-3H3. The van der Waals surface area contributed by atoms with Gasteiger partial charge in [0.05, 0.1) is 4.90 Å². The first-order chi connectivity index (χ1) is 12.3. The Balaban J connectivity index is 1.54. The molecule has 26 heavy (non-hydrogen) atoms. The number of nitrogens with one attached hydrogen (secondary N) is 1. The molecule has 0 bridgehead atoms. The molecule has 0 aliphatic carbocycles. The predicted octanol–water partition coefficient (Wildman–Crippen LogP) is 3.72. The van der Waals surface area contributed by atoms with Gasteiger partial charge < -0.3 is 10.2 Å². The monoisotopic (exact) mass is 372 g/mol. The van der Waals surface area contributed by atoms with Crippen molar-refractivity contribution in [2.45, 2.75) is 43.7 Å². The van der Waals surface area contributed by atoms with Crippen molar-refractivity contribution in [2.24, 2.45) is 0 Å². The van der Waals surface area contributed by atoms with Gasteiger partial charge in [-0.25, -0.2) is 8.42 Å². The van der Waals surface area contributed by atoms with E-state index < -0.39 is 9.84 Å². The van der Waals surface area contributed by atoms with Gasteiger partial charge in [-0.05, 0) is 56.5 Å². The van der Waals surface area contributed by atoms with E-state index in [1.807, 2.05) is 12.1 Å². The topological polar surface area (TPSA) is 49.4 Å². The molecule has 1 N–H and O–H groups in total. The highest BCUT2D eigenvalue weighted by Gasteiger charge is 2.21. The fourth-order valence-corrected chi connectivity index (χ4v) is 4.14. The zero-order valence-corrected chi connectivity index (χ0v) is 16.6. The van der Waals surface area contributed by atoms with Gasteiger partial charge >= 0.3 is 0 Å². The van der Waals surface area contributed by atoms with Crippen LogP contribution in [0.2, 0.25) is 0 Å². The van der Waals surface area contributed by atoms with E-state index in [1.54, 1.807) is 12.1 Å². The summed E-state index contributed by atoms with van der Waals surface area (Å²) in [5, 5.41) is 3.70. The van der Waals surface area contributed by atoms with Crippen molar-refractivity contribution in [2.75, 3.05) is 24.2 Å². The van der Waals surface area contributed by atoms with Crippen molar-refractivity contribution in [3.63, 3.8) is 0 Å². The molecule has 140 valence electrons. The van der Waals surface area contributed by atoms with Crippen molar-refractivity contribution in [3.8, 4) is 0 Å². The Labute approximate surface area is 157 Å². The Kier molecular flexibility index (Phi) is 5.68. The molecular formula is C21H28N2O2S. The largest absolute Gasteiger partial charge is 0.371 e. The molecule has 1 atom stereocenters. The number of aryl methyl sites for hydroxylation is 1. The average Bonchev–Trinajstić information content (AvgIpc) is 2.62. The second-order valence-corrected chi connectivity index (χ2v) is 9.34. The molecule has 0 aromatic heterocycles. The normalized spacial score (nSPS) is 17.3. The Morgan fingerprint density at radius 1 is 1.00 bits per heavy atom. The van der Waals surface area contributed by atoms with Gasteiger partial charge in [-0.3, -0.25) is 0 Å². The number of nitrogens with zero attached hydrogens (tertiary/aromatic N) is 1. The van der Waals surface area contributed by atoms with Gasteiger partial charge in [0.15, 0.2) is 9.84 Å². The van der Waals surface area contributed by atoms with Crippen LogP contribution in [0.25, 0.3) is 0 Å². The number of piperidine rings is 1. The van der Waals surface area contributed by atoms with E-state index in [4.69, 9.17) is 0 Å². The lowest BCUT2D eigenvalue weighted by atomic mass is 10.0. The van der Waals surface area contributed by atoms with Gasteiger partial charge in [0, 0.05) is 37.1 Å². The molecule has 1 aliphatic rings. The molecule has 0 amide bonds. The maximum Gasteiger partial charge on any atom is 0.175 e. The lowest BCUT2D eigenvalue weighted by molar-refractivity contribution is 0.381. The maximum absolute atomic E-state index is 11.6. The number of sulfone groups is 1. The first-order valence-electron chi connectivity index (χ1n) is 9.20. The minimum atomic E-state index is -3.13. The molecule has 1 unspecified atom stereocenters. The van der Waals surface area contributed by atoms with Crippen molar-refractivity contribution >= 4 is 15.5 Å². The van der Waals surface area contributed by atoms with Crippen LogP contribution >= 0.6 is 0 Å². The Morgan fingerprint density at radius 2 is 1.58 bits per heavy atom. The molecule has 4 nitrogen and oxygen atoms in total. The van der Waals surface area contributed by atoms with Crippen molar-refractivity contribution in [1.29, 1.82) is 0 Å². The van der Waals surface area contributed by atoms with E-state index in [-0.39, 0.29) is 6.04 Å². The summed E-state index contributed by atoms with van der Waals surface area (Å²) in [6.45, 7) is 6.37. The van der Waals surface area contributed by atoms with E-state index in [0.29, 0.717) is 10.9 Å². The third-order valence-electron chi connectivity index (χ3n) is 5.19. The van der Waals surface area contributed by atoms with Crippen molar-refractivity contribution in [3.05, 3.63) is 59.7 Å². The quantitative estimate of drug-likeness (QED) is 0.869. The highest BCUT2D eigenvalue weighted by molar-refractivity contribution is 7.90. The molecule has 5 heteroatoms. The number of hydrogen-bond donors (Lipinski definition) is 1. The number of benzene rings is 2. The highest BCUT2D eigenvalue weighted by Crippen LogP contribution is 2.23. The van der Waals surface area contributed by atoms with Gasteiger partial charge in [0.2, 0.25) is 0 Å². The second-order valence-electron chi connectivity index (χ2n) is 7.33. The first-order valence-corrected chi connectivity index (χ1v) is 11.1. The van der Waals surface area contributed by atoms with E-state index in [1.165, 1.54) is 17.5 Å². The van der Waals surface area contributed by atoms with Crippen LogP contribution in [0.4, 0.5) is 5.69 Å². The molecule has 1 heterocycles. The lowest BCUT2D eigenvalue weighted by Gasteiger charge is -2.35. The van der Waals surface area contributed by atoms with Crippen LogP contribution in [0, 0.1) is 6.92 Å². The molecule has 1 aliphatic heterocycles. The van der Waals surface area contributed by atoms with E-state index >= 15 is 0 Å². The zero-order valence-electron chi connectivity index (χ0n) is 15.8. The zero-order chi connectivity index (χ0) is 18.7. The van der Waals surface area contributed by atoms with Crippen LogP contribution in [-0.4, -0.2) is 33.8 Å². The molecule has 1 fully saturated rings. The van der Waals surface area contributed by atoms with Gasteiger partial charge in [-0.15, -0.1) is 0 Å². The molecule has 0 radical (unpaired) electrons. The molecule has 0 saturated carbocycles. The molecule has 1 saturated heterocycles. The van der Waals surface area contributed by atoms with E-state index in [9.17, 15) is 8.42 Å². The van der Waals surface area contributed by atoms with Crippen LogP contribution in [-0.2, 0) is 9.84 Å². The summed E-state index contributed by atoms with van der Waals surface area (Å²) in [6, 6.07) is 16.7. The summed E-state index contributed by atoms with van der Waals surface area (Å²) in [7, 11) is -3.13. The van der Waals surface area contributed by atoms with Gasteiger partial charge in [0.1, 0.15) is 0 Å². The second kappa shape index (κ2) is 7.80. The Hall–Kier alpha value is -1.85. The average molecular weight is 373 g/mol. The SMILES string of the molecule is Cc1ccc(N2CCC(NC(C)c3ccc(S(C)(=O)=O)cc3)CC2)cc1. The maximum atomic E-state index is 11.6. The van der Waals surface area contributed by atoms with Gasteiger partial charge in [-0.2, -0.15) is 0 Å². The minimum Gasteiger partial charge on any atom is -0.371 e. The number of hydrogen-bond acceptors (Lipinski definition) is 4. The van der Waals surface area contributed by atoms with Crippen LogP contribution in [0.1, 0.15) is 36.9 Å². The first kappa shape index (κ1) is 18.9. The summed E-state index contributed by atoms with van der Waals surface area (Å²) in [6.07, 6.45) is 3.46. The van der Waals surface area contributed by atoms with E-state index in [0.717, 1.165) is 31.5 Å². The molecule has 2 aromatic rings. The fourth-order valence-electron chi connectivity index (χ4n) is 3.51. The summed E-state index contributed by atoms with van der Waals surface area (Å²) in [5.41, 5.74) is 3.72. The molecule has 2 aromatic carbocycles. The van der Waals surface area contributed by atoms with E-state index in [2.05, 4.69) is 48.3 Å². The Morgan fingerprint density at radius 3 is 2.12 bits per heavy atom. The third kappa shape index (κ3) is 4.65. The third-order valence-corrected chi connectivity index (χ3v) is 6.32. The molecule has 0 spiro atoms. The summed E-state index contributed by atoms with van der Waals surface area (Å²) in [4.78, 5) is 2.82. The predicted molar refractivity (Wildman–Crippen MR) is 108 cm³/mol. The summed E-state index contributed by atoms with van der Waals surface area (Å²) < 4.78 is 23.2.